The number of ether oxygens (including phenoxy) is 1. The highest BCUT2D eigenvalue weighted by Crippen LogP contribution is 2.31. The summed E-state index contributed by atoms with van der Waals surface area (Å²) in [5.74, 6) is -0.293. The molecule has 2 aliphatic rings. The van der Waals surface area contributed by atoms with Crippen molar-refractivity contribution in [2.24, 2.45) is 5.92 Å². The van der Waals surface area contributed by atoms with Gasteiger partial charge in [0, 0.05) is 57.3 Å². The van der Waals surface area contributed by atoms with E-state index >= 15 is 0 Å². The summed E-state index contributed by atoms with van der Waals surface area (Å²) < 4.78 is 8.29. The van der Waals surface area contributed by atoms with Crippen LogP contribution in [0, 0.1) is 5.92 Å². The number of hydrogen-bond donors (Lipinski definition) is 1. The molecule has 1 saturated heterocycles. The Hall–Kier alpha value is -4.48. The third kappa shape index (κ3) is 5.01. The van der Waals surface area contributed by atoms with Gasteiger partial charge in [0.2, 0.25) is 5.91 Å². The number of methoxy groups -OCH3 is 1. The number of hydrogen-bond acceptors (Lipinski definition) is 7. The Morgan fingerprint density at radius 2 is 1.89 bits per heavy atom. The number of fused-ring (bicyclic) bond motifs is 6. The van der Waals surface area contributed by atoms with Crippen LogP contribution >= 0.6 is 0 Å². The van der Waals surface area contributed by atoms with Gasteiger partial charge in [-0.25, -0.2) is 4.68 Å². The molecule has 12 nitrogen and oxygen atoms in total. The van der Waals surface area contributed by atoms with Crippen LogP contribution in [0.2, 0.25) is 0 Å². The molecule has 12 heteroatoms. The fourth-order valence-corrected chi connectivity index (χ4v) is 4.96. The van der Waals surface area contributed by atoms with E-state index in [-0.39, 0.29) is 55.4 Å². The summed E-state index contributed by atoms with van der Waals surface area (Å²) in [7, 11) is 3.16. The predicted molar refractivity (Wildman–Crippen MR) is 136 cm³/mol. The lowest BCUT2D eigenvalue weighted by atomic mass is 9.99. The van der Waals surface area contributed by atoms with Gasteiger partial charge in [0.15, 0.2) is 0 Å². The Balaban J connectivity index is 1.44. The highest BCUT2D eigenvalue weighted by atomic mass is 16.5. The lowest BCUT2D eigenvalue weighted by Crippen LogP contribution is -2.39. The molecule has 2 atom stereocenters. The number of aromatic nitrogens is 4. The molecule has 4 bridgehead atoms. The van der Waals surface area contributed by atoms with Crippen molar-refractivity contribution in [1.82, 2.24) is 34.7 Å². The van der Waals surface area contributed by atoms with Gasteiger partial charge in [-0.2, -0.15) is 0 Å². The average Bonchev–Trinajstić information content (AvgIpc) is 3.55. The van der Waals surface area contributed by atoms with E-state index in [1.54, 1.807) is 66.5 Å². The molecule has 0 aliphatic carbocycles. The average molecular weight is 520 g/mol. The SMILES string of the molecule is COc1ccc(C(=O)N2C[C@@H]3CC(=O)NCCN(C)C(=O)c4cccn(c4=O)Cc4cn(nn4)[C@@H]3C2)cc1. The van der Waals surface area contributed by atoms with Crippen LogP contribution in [-0.4, -0.2) is 87.4 Å². The van der Waals surface area contributed by atoms with Crippen molar-refractivity contribution in [3.05, 3.63) is 76.0 Å². The van der Waals surface area contributed by atoms with Gasteiger partial charge in [0.25, 0.3) is 17.4 Å². The van der Waals surface area contributed by atoms with Crippen molar-refractivity contribution < 1.29 is 19.1 Å². The minimum atomic E-state index is -0.426. The predicted octanol–water partition coefficient (Wildman–Crippen LogP) is 0.402. The second-order valence-electron chi connectivity index (χ2n) is 9.59. The van der Waals surface area contributed by atoms with Crippen LogP contribution < -0.4 is 15.6 Å². The highest BCUT2D eigenvalue weighted by Gasteiger charge is 2.38. The van der Waals surface area contributed by atoms with Gasteiger partial charge in [0.05, 0.1) is 25.9 Å². The van der Waals surface area contributed by atoms with Crippen LogP contribution in [0.5, 0.6) is 5.75 Å². The Morgan fingerprint density at radius 3 is 2.66 bits per heavy atom. The van der Waals surface area contributed by atoms with Gasteiger partial charge in [-0.3, -0.25) is 19.2 Å². The van der Waals surface area contributed by atoms with Crippen molar-refractivity contribution in [2.45, 2.75) is 19.0 Å². The lowest BCUT2D eigenvalue weighted by molar-refractivity contribution is -0.122. The molecular weight excluding hydrogens is 490 g/mol. The third-order valence-corrected chi connectivity index (χ3v) is 7.07. The van der Waals surface area contributed by atoms with E-state index in [4.69, 9.17) is 4.74 Å². The molecule has 0 unspecified atom stereocenters. The van der Waals surface area contributed by atoms with Crippen LogP contribution in [0.25, 0.3) is 0 Å². The van der Waals surface area contributed by atoms with Crippen molar-refractivity contribution in [1.29, 1.82) is 0 Å². The number of nitrogens with zero attached hydrogens (tertiary/aromatic N) is 6. The van der Waals surface area contributed by atoms with E-state index in [0.717, 1.165) is 0 Å². The monoisotopic (exact) mass is 519 g/mol. The summed E-state index contributed by atoms with van der Waals surface area (Å²) >= 11 is 0. The van der Waals surface area contributed by atoms with E-state index in [1.807, 2.05) is 0 Å². The molecule has 3 aromatic rings. The molecule has 0 spiro atoms. The third-order valence-electron chi connectivity index (χ3n) is 7.07. The molecule has 3 amide bonds. The fourth-order valence-electron chi connectivity index (χ4n) is 4.96. The summed E-state index contributed by atoms with van der Waals surface area (Å²) in [5, 5.41) is 11.4. The summed E-state index contributed by atoms with van der Waals surface area (Å²) in [6, 6.07) is 9.77. The molecule has 2 aromatic heterocycles. The van der Waals surface area contributed by atoms with Crippen molar-refractivity contribution in [3.63, 3.8) is 0 Å². The molecule has 1 aromatic carbocycles. The Labute approximate surface area is 218 Å². The number of nitrogens with one attached hydrogen (secondary N) is 1. The van der Waals surface area contributed by atoms with Crippen molar-refractivity contribution in [2.75, 3.05) is 40.3 Å². The molecule has 198 valence electrons. The highest BCUT2D eigenvalue weighted by molar-refractivity contribution is 5.95. The first-order chi connectivity index (χ1) is 18.3. The van der Waals surface area contributed by atoms with Crippen LogP contribution in [0.4, 0.5) is 0 Å². The minimum absolute atomic E-state index is 0.0457. The van der Waals surface area contributed by atoms with Crippen LogP contribution in [-0.2, 0) is 11.3 Å². The number of rotatable bonds is 2. The van der Waals surface area contributed by atoms with E-state index in [1.165, 1.54) is 15.5 Å². The number of amides is 3. The fraction of sp³-hybridized carbons (Fsp3) is 0.385. The number of pyridine rings is 1. The largest absolute Gasteiger partial charge is 0.497 e. The minimum Gasteiger partial charge on any atom is -0.497 e. The molecule has 4 heterocycles. The van der Waals surface area contributed by atoms with Gasteiger partial charge in [-0.05, 0) is 36.4 Å². The van der Waals surface area contributed by atoms with E-state index < -0.39 is 11.5 Å². The summed E-state index contributed by atoms with van der Waals surface area (Å²) in [5.41, 5.74) is 0.675. The maximum absolute atomic E-state index is 13.3. The first-order valence-electron chi connectivity index (χ1n) is 12.4. The van der Waals surface area contributed by atoms with E-state index in [0.29, 0.717) is 30.1 Å². The zero-order valence-corrected chi connectivity index (χ0v) is 21.2. The van der Waals surface area contributed by atoms with Gasteiger partial charge in [-0.15, -0.1) is 5.10 Å². The van der Waals surface area contributed by atoms with Crippen molar-refractivity contribution >= 4 is 17.7 Å². The molecular formula is C26H29N7O5. The van der Waals surface area contributed by atoms with Gasteiger partial charge in [0.1, 0.15) is 17.0 Å². The first kappa shape index (κ1) is 25.2. The quantitative estimate of drug-likeness (QED) is 0.519. The normalized spacial score (nSPS) is 20.2. The van der Waals surface area contributed by atoms with Gasteiger partial charge in [-0.1, -0.05) is 5.21 Å². The standard InChI is InChI=1S/C26H29N7O5/c1-30-11-9-27-23(34)12-18-13-32(24(35)17-5-7-20(38-2)8-6-17)16-22(18)33-15-19(28-29-33)14-31-10-3-4-21(25(30)36)26(31)37/h3-8,10,15,18,22H,9,11-14,16H2,1-2H3,(H,27,34)/t18-,22+/m0/s1. The summed E-state index contributed by atoms with van der Waals surface area (Å²) in [6.45, 7) is 1.35. The van der Waals surface area contributed by atoms with Crippen molar-refractivity contribution in [3.8, 4) is 5.75 Å². The van der Waals surface area contributed by atoms with Crippen LogP contribution in [0.1, 0.15) is 38.9 Å². The Bertz CT molecular complexity index is 1410. The van der Waals surface area contributed by atoms with Crippen LogP contribution in [0.15, 0.2) is 53.6 Å². The number of likely N-dealkylation sites (tertiary alicyclic amines) is 1. The Morgan fingerprint density at radius 1 is 1.11 bits per heavy atom. The number of carbonyl (C=O) groups is 3. The summed E-state index contributed by atoms with van der Waals surface area (Å²) in [4.78, 5) is 55.1. The zero-order valence-electron chi connectivity index (χ0n) is 21.2. The maximum atomic E-state index is 13.3. The molecule has 1 N–H and O–H groups in total. The summed E-state index contributed by atoms with van der Waals surface area (Å²) in [6.07, 6.45) is 3.52. The molecule has 1 fully saturated rings. The van der Waals surface area contributed by atoms with E-state index in [2.05, 4.69) is 15.6 Å². The zero-order chi connectivity index (χ0) is 26.8. The Kier molecular flexibility index (Phi) is 6.95. The molecule has 2 aliphatic heterocycles. The number of carbonyl (C=O) groups excluding carboxylic acids is 3. The second-order valence-corrected chi connectivity index (χ2v) is 9.59. The molecule has 38 heavy (non-hydrogen) atoms. The molecule has 0 saturated carbocycles. The smallest absolute Gasteiger partial charge is 0.263 e. The number of benzene rings is 1. The van der Waals surface area contributed by atoms with E-state index in [9.17, 15) is 19.2 Å². The maximum Gasteiger partial charge on any atom is 0.263 e. The van der Waals surface area contributed by atoms with Gasteiger partial charge >= 0.3 is 0 Å². The van der Waals surface area contributed by atoms with Crippen LogP contribution in [0.3, 0.4) is 0 Å². The lowest BCUT2D eigenvalue weighted by Gasteiger charge is -2.20. The first-order valence-corrected chi connectivity index (χ1v) is 12.4. The number of likely N-dealkylation sites (N-methyl/N-ethyl adjacent to an activating group) is 1. The van der Waals surface area contributed by atoms with Gasteiger partial charge < -0.3 is 24.4 Å². The second kappa shape index (κ2) is 10.5. The topological polar surface area (TPSA) is 132 Å². The molecule has 0 radical (unpaired) electrons. The molecule has 5 rings (SSSR count).